The van der Waals surface area contributed by atoms with Crippen molar-refractivity contribution < 1.29 is 23.4 Å². The summed E-state index contributed by atoms with van der Waals surface area (Å²) in [6.07, 6.45) is -1.35. The lowest BCUT2D eigenvalue weighted by Crippen LogP contribution is -2.18. The molecule has 2 aromatic rings. The SMILES string of the molecule is O=C(O)[C@H](Oc1ccc(F)cc1F)c1ccccc1. The van der Waals surface area contributed by atoms with Gasteiger partial charge in [0.2, 0.25) is 6.10 Å². The molecule has 0 aromatic heterocycles. The Morgan fingerprint density at radius 2 is 1.79 bits per heavy atom. The number of carboxylic acids is 1. The molecule has 5 heteroatoms. The van der Waals surface area contributed by atoms with Crippen LogP contribution in [0.2, 0.25) is 0 Å². The predicted octanol–water partition coefficient (Wildman–Crippen LogP) is 3.17. The number of hydrogen-bond acceptors (Lipinski definition) is 2. The van der Waals surface area contributed by atoms with Crippen LogP contribution < -0.4 is 4.74 Å². The van der Waals surface area contributed by atoms with Gasteiger partial charge in [0.25, 0.3) is 0 Å². The normalized spacial score (nSPS) is 11.9. The molecule has 0 saturated heterocycles. The molecule has 0 spiro atoms. The Morgan fingerprint density at radius 1 is 1.11 bits per heavy atom. The molecule has 0 fully saturated rings. The fraction of sp³-hybridized carbons (Fsp3) is 0.0714. The molecule has 0 amide bonds. The fourth-order valence-corrected chi connectivity index (χ4v) is 1.59. The number of carbonyl (C=O) groups is 1. The van der Waals surface area contributed by atoms with Gasteiger partial charge >= 0.3 is 5.97 Å². The molecule has 2 rings (SSSR count). The molecular formula is C14H10F2O3. The minimum absolute atomic E-state index is 0.308. The molecule has 3 nitrogen and oxygen atoms in total. The Labute approximate surface area is 108 Å². The molecule has 0 aliphatic carbocycles. The molecule has 2 aromatic carbocycles. The van der Waals surface area contributed by atoms with Crippen LogP contribution >= 0.6 is 0 Å². The van der Waals surface area contributed by atoms with Gasteiger partial charge in [-0.3, -0.25) is 0 Å². The first-order valence-electron chi connectivity index (χ1n) is 5.47. The number of halogens is 2. The quantitative estimate of drug-likeness (QED) is 0.922. The summed E-state index contributed by atoms with van der Waals surface area (Å²) in [6, 6.07) is 10.8. The summed E-state index contributed by atoms with van der Waals surface area (Å²) in [6.45, 7) is 0. The predicted molar refractivity (Wildman–Crippen MR) is 63.8 cm³/mol. The van der Waals surface area contributed by atoms with Gasteiger partial charge in [-0.1, -0.05) is 30.3 Å². The average molecular weight is 264 g/mol. The van der Waals surface area contributed by atoms with E-state index in [1.807, 2.05) is 0 Å². The maximum Gasteiger partial charge on any atom is 0.349 e. The first-order valence-corrected chi connectivity index (χ1v) is 5.47. The topological polar surface area (TPSA) is 46.5 Å². The summed E-state index contributed by atoms with van der Waals surface area (Å²) in [5.74, 6) is -3.26. The maximum absolute atomic E-state index is 13.4. The number of benzene rings is 2. The van der Waals surface area contributed by atoms with Gasteiger partial charge < -0.3 is 9.84 Å². The Hall–Kier alpha value is -2.43. The largest absolute Gasteiger partial charge is 0.478 e. The zero-order valence-corrected chi connectivity index (χ0v) is 9.72. The van der Waals surface area contributed by atoms with Gasteiger partial charge in [-0.15, -0.1) is 0 Å². The molecule has 1 N–H and O–H groups in total. The van der Waals surface area contributed by atoms with E-state index in [-0.39, 0.29) is 5.75 Å². The Balaban J connectivity index is 2.29. The summed E-state index contributed by atoms with van der Waals surface area (Å²) >= 11 is 0. The van der Waals surface area contributed by atoms with E-state index >= 15 is 0 Å². The van der Waals surface area contributed by atoms with E-state index in [0.717, 1.165) is 12.1 Å². The van der Waals surface area contributed by atoms with Crippen LogP contribution in [-0.4, -0.2) is 11.1 Å². The van der Waals surface area contributed by atoms with Crippen molar-refractivity contribution in [2.45, 2.75) is 6.10 Å². The number of ether oxygens (including phenoxy) is 1. The third kappa shape index (κ3) is 3.07. The number of carboxylic acid groups (broad SMARTS) is 1. The van der Waals surface area contributed by atoms with Crippen molar-refractivity contribution in [3.8, 4) is 5.75 Å². The molecule has 1 atom stereocenters. The van der Waals surface area contributed by atoms with Gasteiger partial charge in [0.15, 0.2) is 11.6 Å². The molecule has 0 saturated carbocycles. The first kappa shape index (κ1) is 13.0. The van der Waals surface area contributed by atoms with E-state index in [4.69, 9.17) is 9.84 Å². The third-order valence-corrected chi connectivity index (χ3v) is 2.47. The lowest BCUT2D eigenvalue weighted by molar-refractivity contribution is -0.145. The van der Waals surface area contributed by atoms with Gasteiger partial charge in [-0.25, -0.2) is 13.6 Å². The summed E-state index contributed by atoms with van der Waals surface area (Å²) in [5, 5.41) is 9.11. The van der Waals surface area contributed by atoms with Crippen LogP contribution in [0.4, 0.5) is 8.78 Å². The van der Waals surface area contributed by atoms with Crippen LogP contribution in [0.25, 0.3) is 0 Å². The minimum Gasteiger partial charge on any atom is -0.478 e. The Kier molecular flexibility index (Phi) is 3.75. The highest BCUT2D eigenvalue weighted by Gasteiger charge is 2.23. The first-order chi connectivity index (χ1) is 9.08. The van der Waals surface area contributed by atoms with Gasteiger partial charge in [-0.05, 0) is 12.1 Å². The zero-order chi connectivity index (χ0) is 13.8. The van der Waals surface area contributed by atoms with Crippen LogP contribution in [0, 0.1) is 11.6 Å². The second-order valence-electron chi connectivity index (χ2n) is 3.82. The van der Waals surface area contributed by atoms with Crippen molar-refractivity contribution in [3.63, 3.8) is 0 Å². The van der Waals surface area contributed by atoms with E-state index in [2.05, 4.69) is 0 Å². The molecule has 0 bridgehead atoms. The molecule has 0 unspecified atom stereocenters. The number of hydrogen-bond donors (Lipinski definition) is 1. The van der Waals surface area contributed by atoms with Crippen LogP contribution in [0.1, 0.15) is 11.7 Å². The lowest BCUT2D eigenvalue weighted by atomic mass is 10.1. The van der Waals surface area contributed by atoms with Crippen molar-refractivity contribution in [1.82, 2.24) is 0 Å². The van der Waals surface area contributed by atoms with Gasteiger partial charge in [0.05, 0.1) is 0 Å². The highest BCUT2D eigenvalue weighted by atomic mass is 19.1. The smallest absolute Gasteiger partial charge is 0.349 e. The molecular weight excluding hydrogens is 254 g/mol. The summed E-state index contributed by atoms with van der Waals surface area (Å²) < 4.78 is 31.3. The van der Waals surface area contributed by atoms with Gasteiger partial charge in [0, 0.05) is 11.6 Å². The summed E-state index contributed by atoms with van der Waals surface area (Å²) in [7, 11) is 0. The third-order valence-electron chi connectivity index (χ3n) is 2.47. The van der Waals surface area contributed by atoms with Crippen molar-refractivity contribution in [2.24, 2.45) is 0 Å². The van der Waals surface area contributed by atoms with Crippen molar-refractivity contribution in [1.29, 1.82) is 0 Å². The molecule has 0 heterocycles. The van der Waals surface area contributed by atoms with E-state index in [0.29, 0.717) is 11.6 Å². The monoisotopic (exact) mass is 264 g/mol. The van der Waals surface area contributed by atoms with E-state index < -0.39 is 23.7 Å². The summed E-state index contributed by atoms with van der Waals surface area (Å²) in [4.78, 5) is 11.2. The second kappa shape index (κ2) is 5.48. The second-order valence-corrected chi connectivity index (χ2v) is 3.82. The Bertz CT molecular complexity index is 584. The number of rotatable bonds is 4. The standard InChI is InChI=1S/C14H10F2O3/c15-10-6-7-12(11(16)8-10)19-13(14(17)18)9-4-2-1-3-5-9/h1-8,13H,(H,17,18)/t13-/m1/s1. The molecule has 0 aliphatic rings. The van der Waals surface area contributed by atoms with E-state index in [1.54, 1.807) is 30.3 Å². The number of aliphatic carboxylic acids is 1. The van der Waals surface area contributed by atoms with Gasteiger partial charge in [-0.2, -0.15) is 0 Å². The van der Waals surface area contributed by atoms with Crippen LogP contribution in [0.5, 0.6) is 5.75 Å². The Morgan fingerprint density at radius 3 is 2.37 bits per heavy atom. The van der Waals surface area contributed by atoms with Crippen LogP contribution in [-0.2, 0) is 4.79 Å². The highest BCUT2D eigenvalue weighted by molar-refractivity contribution is 5.74. The van der Waals surface area contributed by atoms with E-state index in [9.17, 15) is 13.6 Å². The highest BCUT2D eigenvalue weighted by Crippen LogP contribution is 2.25. The van der Waals surface area contributed by atoms with Crippen molar-refractivity contribution in [3.05, 3.63) is 65.7 Å². The summed E-state index contributed by atoms with van der Waals surface area (Å²) in [5.41, 5.74) is 0.374. The van der Waals surface area contributed by atoms with Gasteiger partial charge in [0.1, 0.15) is 5.82 Å². The molecule has 0 aliphatic heterocycles. The van der Waals surface area contributed by atoms with Crippen LogP contribution in [0.3, 0.4) is 0 Å². The lowest BCUT2D eigenvalue weighted by Gasteiger charge is -2.15. The fourth-order valence-electron chi connectivity index (χ4n) is 1.59. The van der Waals surface area contributed by atoms with Crippen LogP contribution in [0.15, 0.2) is 48.5 Å². The molecule has 0 radical (unpaired) electrons. The van der Waals surface area contributed by atoms with Crippen molar-refractivity contribution in [2.75, 3.05) is 0 Å². The maximum atomic E-state index is 13.4. The average Bonchev–Trinajstić information content (AvgIpc) is 2.38. The van der Waals surface area contributed by atoms with E-state index in [1.165, 1.54) is 0 Å². The molecule has 19 heavy (non-hydrogen) atoms. The minimum atomic E-state index is -1.35. The zero-order valence-electron chi connectivity index (χ0n) is 9.72. The molecule has 98 valence electrons. The van der Waals surface area contributed by atoms with Crippen molar-refractivity contribution >= 4 is 5.97 Å².